The Labute approximate surface area is 373 Å². The van der Waals surface area contributed by atoms with E-state index < -0.39 is 73.6 Å². The van der Waals surface area contributed by atoms with Gasteiger partial charge in [0.15, 0.2) is 0 Å². The van der Waals surface area contributed by atoms with Crippen LogP contribution in [0.5, 0.6) is 11.5 Å². The summed E-state index contributed by atoms with van der Waals surface area (Å²) in [6, 6.07) is 23.9. The fraction of sp³-hybridized carbons (Fsp3) is 0.478. The zero-order valence-corrected chi connectivity index (χ0v) is 35.6. The topological polar surface area (TPSA) is 226 Å². The summed E-state index contributed by atoms with van der Waals surface area (Å²) < 4.78 is 41.2. The normalized spacial score (nSPS) is 33.4. The van der Waals surface area contributed by atoms with Crippen molar-refractivity contribution in [2.75, 3.05) is 39.6 Å². The van der Waals surface area contributed by atoms with Crippen molar-refractivity contribution in [3.8, 4) is 11.5 Å². The number of halogens is 2. The van der Waals surface area contributed by atoms with Gasteiger partial charge in [-0.3, -0.25) is 0 Å². The van der Waals surface area contributed by atoms with Crippen LogP contribution in [0.15, 0.2) is 84.9 Å². The van der Waals surface area contributed by atoms with Gasteiger partial charge in [-0.1, -0.05) is 59.6 Å². The van der Waals surface area contributed by atoms with Crippen LogP contribution >= 0.6 is 23.2 Å². The molecule has 8 N–H and O–H groups in total. The predicted molar refractivity (Wildman–Crippen MR) is 226 cm³/mol. The number of aliphatic hydroxyl groups excluding tert-OH is 7. The molecule has 4 aliphatic heterocycles. The molecular formula is C46H52Cl2O15. The molecule has 2 unspecified atom stereocenters. The third kappa shape index (κ3) is 9.75. The van der Waals surface area contributed by atoms with Gasteiger partial charge < -0.3 is 74.0 Å². The van der Waals surface area contributed by atoms with Crippen LogP contribution in [-0.4, -0.2) is 142 Å². The van der Waals surface area contributed by atoms with Crippen molar-refractivity contribution < 1.29 is 74.0 Å². The lowest BCUT2D eigenvalue weighted by Gasteiger charge is -2.50. The van der Waals surface area contributed by atoms with Crippen LogP contribution < -0.4 is 9.47 Å². The molecule has 15 nitrogen and oxygen atoms in total. The zero-order valence-electron chi connectivity index (χ0n) is 34.1. The molecule has 4 heterocycles. The Morgan fingerprint density at radius 2 is 1.08 bits per heavy atom. The van der Waals surface area contributed by atoms with E-state index in [1.807, 2.05) is 48.5 Å². The third-order valence-corrected chi connectivity index (χ3v) is 12.9. The summed E-state index contributed by atoms with van der Waals surface area (Å²) in [5, 5.41) is 90.2. The Hall–Kier alpha value is -3.46. The summed E-state index contributed by atoms with van der Waals surface area (Å²) in [4.78, 5) is 0. The largest absolute Gasteiger partial charge is 0.488 e. The molecule has 4 aromatic rings. The Bertz CT molecular complexity index is 2150. The highest BCUT2D eigenvalue weighted by Crippen LogP contribution is 2.44. The predicted octanol–water partition coefficient (Wildman–Crippen LogP) is 2.48. The van der Waals surface area contributed by atoms with Crippen molar-refractivity contribution in [3.63, 3.8) is 0 Å². The molecule has 8 rings (SSSR count). The van der Waals surface area contributed by atoms with Crippen LogP contribution in [0.3, 0.4) is 0 Å². The Kier molecular flexibility index (Phi) is 14.3. The summed E-state index contributed by atoms with van der Waals surface area (Å²) in [7, 11) is 0. The average Bonchev–Trinajstić information content (AvgIpc) is 4.01. The summed E-state index contributed by atoms with van der Waals surface area (Å²) in [5.41, 5.74) is 2.92. The smallest absolute Gasteiger partial charge is 0.225 e. The molecule has 4 aliphatic rings. The molecule has 4 fully saturated rings. The Balaban J connectivity index is 1.04. The monoisotopic (exact) mass is 914 g/mol. The Morgan fingerprint density at radius 3 is 1.59 bits per heavy atom. The fourth-order valence-corrected chi connectivity index (χ4v) is 8.81. The molecule has 0 radical (unpaired) electrons. The van der Waals surface area contributed by atoms with Gasteiger partial charge in [0.1, 0.15) is 72.5 Å². The lowest BCUT2D eigenvalue weighted by molar-refractivity contribution is -0.397. The Morgan fingerprint density at radius 1 is 0.587 bits per heavy atom. The highest BCUT2D eigenvalue weighted by Gasteiger charge is 2.58. The summed E-state index contributed by atoms with van der Waals surface area (Å²) in [5.74, 6) is -3.62. The third-order valence-electron chi connectivity index (χ3n) is 12.1. The molecule has 0 bridgehead atoms. The zero-order chi connectivity index (χ0) is 44.5. The molecule has 17 heteroatoms. The first kappa shape index (κ1) is 46.1. The first-order chi connectivity index (χ1) is 30.3. The first-order valence-corrected chi connectivity index (χ1v) is 21.7. The van der Waals surface area contributed by atoms with Gasteiger partial charge in [0.2, 0.25) is 11.6 Å². The van der Waals surface area contributed by atoms with Gasteiger partial charge in [-0.2, -0.15) is 0 Å². The van der Waals surface area contributed by atoms with E-state index in [1.165, 1.54) is 30.3 Å². The van der Waals surface area contributed by atoms with Crippen LogP contribution in [0.1, 0.15) is 46.2 Å². The standard InChI is InChI=1S/C46H52Cl2O15/c47-35-11-5-29(19-27(35)17-25-1-7-31(8-2-25)60-33-13-15-57-22-33)45(56)43(54)41(52)40(51)38(62-45)24-59-46(44(55)42(53)39(50)37(21-49)63-46)30-6-12-36(48)28(20-30)18-26-3-9-32(10-4-26)61-34-14-16-58-23-34/h1-12,19-20,33-34,37-44,49-56H,13-18,21-24H2/t33-,34-,37+,38+,39+,40+,41-,42-,43+,44+,45?,46?/m0/s1. The molecule has 4 saturated heterocycles. The molecule has 4 aromatic carbocycles. The van der Waals surface area contributed by atoms with Crippen molar-refractivity contribution in [2.45, 2.75) is 98.3 Å². The molecule has 0 aliphatic carbocycles. The van der Waals surface area contributed by atoms with E-state index >= 15 is 0 Å². The lowest BCUT2D eigenvalue weighted by Crippen LogP contribution is -2.66. The number of benzene rings is 4. The summed E-state index contributed by atoms with van der Waals surface area (Å²) >= 11 is 13.3. The summed E-state index contributed by atoms with van der Waals surface area (Å²) in [6.45, 7) is 0.818. The lowest BCUT2D eigenvalue weighted by atomic mass is 9.86. The van der Waals surface area contributed by atoms with Gasteiger partial charge in [0, 0.05) is 34.0 Å². The van der Waals surface area contributed by atoms with E-state index in [0.29, 0.717) is 71.9 Å². The van der Waals surface area contributed by atoms with E-state index in [2.05, 4.69) is 0 Å². The second kappa shape index (κ2) is 19.6. The second-order valence-corrected chi connectivity index (χ2v) is 17.3. The molecule has 340 valence electrons. The average molecular weight is 916 g/mol. The summed E-state index contributed by atoms with van der Waals surface area (Å²) in [6.07, 6.45) is -12.5. The van der Waals surface area contributed by atoms with E-state index in [9.17, 15) is 40.9 Å². The maximum atomic E-state index is 12.1. The second-order valence-electron chi connectivity index (χ2n) is 16.5. The number of hydrogen-bond donors (Lipinski definition) is 8. The van der Waals surface area contributed by atoms with E-state index in [-0.39, 0.29) is 23.3 Å². The van der Waals surface area contributed by atoms with Gasteiger partial charge >= 0.3 is 0 Å². The van der Waals surface area contributed by atoms with Crippen LogP contribution in [0.4, 0.5) is 0 Å². The molecule has 12 atom stereocenters. The van der Waals surface area contributed by atoms with Crippen LogP contribution in [0.2, 0.25) is 10.0 Å². The molecule has 0 aromatic heterocycles. The van der Waals surface area contributed by atoms with Crippen LogP contribution in [0.25, 0.3) is 0 Å². The maximum Gasteiger partial charge on any atom is 0.225 e. The van der Waals surface area contributed by atoms with Gasteiger partial charge in [-0.25, -0.2) is 0 Å². The minimum absolute atomic E-state index is 0.00332. The van der Waals surface area contributed by atoms with Crippen molar-refractivity contribution >= 4 is 23.2 Å². The van der Waals surface area contributed by atoms with Gasteiger partial charge in [0.05, 0.1) is 39.6 Å². The maximum absolute atomic E-state index is 12.1. The highest BCUT2D eigenvalue weighted by atomic mass is 35.5. The van der Waals surface area contributed by atoms with Gasteiger partial charge in [0.25, 0.3) is 0 Å². The fourth-order valence-electron chi connectivity index (χ4n) is 8.44. The number of aliphatic hydroxyl groups is 8. The van der Waals surface area contributed by atoms with E-state index in [0.717, 1.165) is 24.0 Å². The highest BCUT2D eigenvalue weighted by molar-refractivity contribution is 6.31. The van der Waals surface area contributed by atoms with Crippen LogP contribution in [0, 0.1) is 0 Å². The molecule has 0 saturated carbocycles. The van der Waals surface area contributed by atoms with Crippen molar-refractivity contribution in [2.24, 2.45) is 0 Å². The van der Waals surface area contributed by atoms with Gasteiger partial charge in [-0.15, -0.1) is 0 Å². The number of ether oxygens (including phenoxy) is 7. The van der Waals surface area contributed by atoms with E-state index in [1.54, 1.807) is 6.07 Å². The minimum atomic E-state index is -2.63. The van der Waals surface area contributed by atoms with Crippen molar-refractivity contribution in [3.05, 3.63) is 128 Å². The van der Waals surface area contributed by atoms with Crippen LogP contribution in [-0.2, 0) is 48.1 Å². The number of rotatable bonds is 14. The van der Waals surface area contributed by atoms with Crippen molar-refractivity contribution in [1.82, 2.24) is 0 Å². The molecule has 63 heavy (non-hydrogen) atoms. The van der Waals surface area contributed by atoms with E-state index in [4.69, 9.17) is 56.4 Å². The quantitative estimate of drug-likeness (QED) is 0.0910. The first-order valence-electron chi connectivity index (χ1n) is 20.9. The van der Waals surface area contributed by atoms with Gasteiger partial charge in [-0.05, 0) is 83.6 Å². The van der Waals surface area contributed by atoms with Crippen molar-refractivity contribution in [1.29, 1.82) is 0 Å². The number of hydrogen-bond acceptors (Lipinski definition) is 15. The SMILES string of the molecule is OC[C@H]1OC(OC[C@H]2OC(O)(c3ccc(Cl)c(Cc4ccc(O[C@H]5CCOC5)cc4)c3)[C@H](O)[C@@H](O)[C@@H]2O)(c2ccc(Cl)c(Cc3ccc(O[C@H]4CCOC4)cc3)c2)[C@H](O)[C@@H](O)[C@@H]1O. The minimum Gasteiger partial charge on any atom is -0.488 e. The molecular weight excluding hydrogens is 863 g/mol. The molecule has 0 spiro atoms. The molecule has 0 amide bonds.